The molecule has 1 amide bonds. The van der Waals surface area contributed by atoms with Gasteiger partial charge in [0.2, 0.25) is 0 Å². The molecule has 2 aromatic heterocycles. The van der Waals surface area contributed by atoms with Gasteiger partial charge >= 0.3 is 0 Å². The number of pyridine rings is 1. The molecule has 5 heteroatoms. The van der Waals surface area contributed by atoms with Crippen LogP contribution in [-0.4, -0.2) is 15.9 Å². The Bertz CT molecular complexity index is 815. The van der Waals surface area contributed by atoms with Crippen LogP contribution in [0.3, 0.4) is 0 Å². The van der Waals surface area contributed by atoms with Gasteiger partial charge in [-0.05, 0) is 49.7 Å². The molecular weight excluding hydrogens is 264 g/mol. The van der Waals surface area contributed by atoms with Gasteiger partial charge in [-0.15, -0.1) is 0 Å². The van der Waals surface area contributed by atoms with Crippen molar-refractivity contribution in [3.63, 3.8) is 0 Å². The Hall–Kier alpha value is -2.82. The lowest BCUT2D eigenvalue weighted by Gasteiger charge is -2.06. The van der Waals surface area contributed by atoms with E-state index in [0.29, 0.717) is 17.1 Å². The number of nitrogens with two attached hydrogens (primary N) is 1. The number of carbonyl (C=O) groups is 1. The van der Waals surface area contributed by atoms with E-state index in [-0.39, 0.29) is 5.91 Å². The van der Waals surface area contributed by atoms with E-state index in [1.807, 2.05) is 32.0 Å². The summed E-state index contributed by atoms with van der Waals surface area (Å²) in [7, 11) is 0. The predicted octanol–water partition coefficient (Wildman–Crippen LogP) is 3.01. The minimum absolute atomic E-state index is 0.191. The average molecular weight is 280 g/mol. The van der Waals surface area contributed by atoms with Crippen LogP contribution in [0, 0.1) is 13.8 Å². The number of aromatic nitrogens is 2. The summed E-state index contributed by atoms with van der Waals surface area (Å²) in [6.45, 7) is 3.87. The van der Waals surface area contributed by atoms with E-state index in [0.717, 1.165) is 22.2 Å². The second-order valence-corrected chi connectivity index (χ2v) is 5.13. The van der Waals surface area contributed by atoms with Crippen LogP contribution in [0.5, 0.6) is 0 Å². The molecule has 0 saturated carbocycles. The first-order valence-electron chi connectivity index (χ1n) is 6.66. The van der Waals surface area contributed by atoms with Crippen molar-refractivity contribution in [1.82, 2.24) is 9.97 Å². The van der Waals surface area contributed by atoms with Crippen molar-refractivity contribution in [2.45, 2.75) is 13.8 Å². The molecule has 4 N–H and O–H groups in total. The molecule has 0 unspecified atom stereocenters. The number of aromatic amines is 1. The third kappa shape index (κ3) is 2.58. The average Bonchev–Trinajstić information content (AvgIpc) is 2.80. The maximum atomic E-state index is 12.4. The van der Waals surface area contributed by atoms with Crippen LogP contribution in [0.4, 0.5) is 11.5 Å². The Balaban J connectivity index is 1.93. The zero-order valence-electron chi connectivity index (χ0n) is 11.9. The lowest BCUT2D eigenvalue weighted by Crippen LogP contribution is -2.13. The number of fused-ring (bicyclic) bond motifs is 1. The van der Waals surface area contributed by atoms with Crippen LogP contribution in [-0.2, 0) is 0 Å². The number of benzene rings is 1. The van der Waals surface area contributed by atoms with E-state index in [2.05, 4.69) is 15.3 Å². The van der Waals surface area contributed by atoms with Crippen molar-refractivity contribution in [3.05, 3.63) is 53.3 Å². The quantitative estimate of drug-likeness (QED) is 0.631. The number of H-pyrrole nitrogens is 1. The third-order valence-corrected chi connectivity index (χ3v) is 3.29. The number of amides is 1. The molecule has 106 valence electrons. The van der Waals surface area contributed by atoms with E-state index in [1.165, 1.54) is 0 Å². The second-order valence-electron chi connectivity index (χ2n) is 5.13. The number of nitrogen functional groups attached to an aromatic ring is 1. The van der Waals surface area contributed by atoms with E-state index in [1.54, 1.807) is 18.3 Å². The van der Waals surface area contributed by atoms with Crippen LogP contribution in [0.1, 0.15) is 21.6 Å². The molecule has 3 rings (SSSR count). The van der Waals surface area contributed by atoms with E-state index in [9.17, 15) is 4.79 Å². The summed E-state index contributed by atoms with van der Waals surface area (Å²) in [6, 6.07) is 9.23. The minimum atomic E-state index is -0.191. The standard InChI is InChI=1S/C16H16N4O/c1-9-5-10(2)19-15(6-9)20-16(21)13-8-18-14-7-11(17)3-4-12(13)14/h3-8,18H,17H2,1-2H3,(H,19,20,21). The molecule has 0 spiro atoms. The summed E-state index contributed by atoms with van der Waals surface area (Å²) >= 11 is 0. The number of nitrogens with zero attached hydrogens (tertiary/aromatic N) is 1. The van der Waals surface area contributed by atoms with Crippen LogP contribution < -0.4 is 11.1 Å². The van der Waals surface area contributed by atoms with E-state index < -0.39 is 0 Å². The second kappa shape index (κ2) is 4.94. The number of carbonyl (C=O) groups excluding carboxylic acids is 1. The number of rotatable bonds is 2. The van der Waals surface area contributed by atoms with Crippen LogP contribution in [0.15, 0.2) is 36.5 Å². The van der Waals surface area contributed by atoms with Gasteiger partial charge in [-0.1, -0.05) is 0 Å². The van der Waals surface area contributed by atoms with Gasteiger partial charge in [-0.2, -0.15) is 0 Å². The van der Waals surface area contributed by atoms with Gasteiger partial charge in [0, 0.05) is 28.5 Å². The van der Waals surface area contributed by atoms with Crippen molar-refractivity contribution < 1.29 is 4.79 Å². The van der Waals surface area contributed by atoms with Crippen molar-refractivity contribution in [2.24, 2.45) is 0 Å². The molecule has 0 saturated heterocycles. The molecule has 0 radical (unpaired) electrons. The van der Waals surface area contributed by atoms with Gasteiger partial charge in [-0.3, -0.25) is 4.79 Å². The van der Waals surface area contributed by atoms with Gasteiger partial charge in [0.15, 0.2) is 0 Å². The lowest BCUT2D eigenvalue weighted by atomic mass is 10.1. The molecule has 3 aromatic rings. The topological polar surface area (TPSA) is 83.8 Å². The number of aryl methyl sites for hydroxylation is 2. The maximum Gasteiger partial charge on any atom is 0.258 e. The highest BCUT2D eigenvalue weighted by Crippen LogP contribution is 2.21. The van der Waals surface area contributed by atoms with Gasteiger partial charge in [-0.25, -0.2) is 4.98 Å². The summed E-state index contributed by atoms with van der Waals surface area (Å²) in [5.74, 6) is 0.366. The van der Waals surface area contributed by atoms with Crippen LogP contribution in [0.2, 0.25) is 0 Å². The number of nitrogens with one attached hydrogen (secondary N) is 2. The fourth-order valence-electron chi connectivity index (χ4n) is 2.42. The highest BCUT2D eigenvalue weighted by molar-refractivity contribution is 6.12. The smallest absolute Gasteiger partial charge is 0.258 e. The van der Waals surface area contributed by atoms with Gasteiger partial charge in [0.1, 0.15) is 5.82 Å². The normalized spacial score (nSPS) is 10.8. The molecule has 0 fully saturated rings. The van der Waals surface area contributed by atoms with Crippen LogP contribution in [0.25, 0.3) is 10.9 Å². The maximum absolute atomic E-state index is 12.4. The minimum Gasteiger partial charge on any atom is -0.399 e. The summed E-state index contributed by atoms with van der Waals surface area (Å²) < 4.78 is 0. The highest BCUT2D eigenvalue weighted by Gasteiger charge is 2.13. The fourth-order valence-corrected chi connectivity index (χ4v) is 2.42. The fraction of sp³-hybridized carbons (Fsp3) is 0.125. The first-order chi connectivity index (χ1) is 10.0. The molecule has 0 aliphatic rings. The number of hydrogen-bond acceptors (Lipinski definition) is 3. The monoisotopic (exact) mass is 280 g/mol. The van der Waals surface area contributed by atoms with E-state index in [4.69, 9.17) is 5.73 Å². The predicted molar refractivity (Wildman–Crippen MR) is 84.4 cm³/mol. The van der Waals surface area contributed by atoms with Crippen molar-refractivity contribution in [2.75, 3.05) is 11.1 Å². The lowest BCUT2D eigenvalue weighted by molar-refractivity contribution is 0.102. The van der Waals surface area contributed by atoms with Gasteiger partial charge < -0.3 is 16.0 Å². The molecule has 1 aromatic carbocycles. The summed E-state index contributed by atoms with van der Waals surface area (Å²) in [4.78, 5) is 19.8. The number of hydrogen-bond donors (Lipinski definition) is 3. The third-order valence-electron chi connectivity index (χ3n) is 3.29. The Morgan fingerprint density at radius 1 is 1.24 bits per heavy atom. The van der Waals surface area contributed by atoms with Gasteiger partial charge in [0.25, 0.3) is 5.91 Å². The van der Waals surface area contributed by atoms with Crippen molar-refractivity contribution in [3.8, 4) is 0 Å². The molecule has 0 atom stereocenters. The molecule has 0 bridgehead atoms. The zero-order chi connectivity index (χ0) is 15.0. The van der Waals surface area contributed by atoms with E-state index >= 15 is 0 Å². The molecule has 5 nitrogen and oxygen atoms in total. The molecule has 0 aliphatic carbocycles. The van der Waals surface area contributed by atoms with Gasteiger partial charge in [0.05, 0.1) is 5.56 Å². The first kappa shape index (κ1) is 13.2. The van der Waals surface area contributed by atoms with Crippen molar-refractivity contribution in [1.29, 1.82) is 0 Å². The zero-order valence-corrected chi connectivity index (χ0v) is 11.9. The van der Waals surface area contributed by atoms with Crippen molar-refractivity contribution >= 4 is 28.3 Å². The Kier molecular flexibility index (Phi) is 3.10. The summed E-state index contributed by atoms with van der Waals surface area (Å²) in [5, 5.41) is 3.67. The Morgan fingerprint density at radius 3 is 2.81 bits per heavy atom. The first-order valence-corrected chi connectivity index (χ1v) is 6.66. The SMILES string of the molecule is Cc1cc(C)nc(NC(=O)c2c[nH]c3cc(N)ccc23)c1. The summed E-state index contributed by atoms with van der Waals surface area (Å²) in [5.41, 5.74) is 9.74. The summed E-state index contributed by atoms with van der Waals surface area (Å²) in [6.07, 6.45) is 1.68. The molecule has 0 aliphatic heterocycles. The Morgan fingerprint density at radius 2 is 2.05 bits per heavy atom. The Labute approximate surface area is 122 Å². The molecule has 21 heavy (non-hydrogen) atoms. The highest BCUT2D eigenvalue weighted by atomic mass is 16.1. The largest absolute Gasteiger partial charge is 0.399 e. The molecular formula is C16H16N4O. The molecule has 2 heterocycles. The van der Waals surface area contributed by atoms with Crippen LogP contribution >= 0.6 is 0 Å². The number of anilines is 2.